The van der Waals surface area contributed by atoms with Gasteiger partial charge in [0.15, 0.2) is 0 Å². The van der Waals surface area contributed by atoms with Gasteiger partial charge in [0.05, 0.1) is 5.69 Å². The summed E-state index contributed by atoms with van der Waals surface area (Å²) in [6.45, 7) is 0.594. The highest BCUT2D eigenvalue weighted by molar-refractivity contribution is 5.92. The smallest absolute Gasteiger partial charge is 0.271 e. The summed E-state index contributed by atoms with van der Waals surface area (Å²) >= 11 is 0. The molecule has 1 aliphatic rings. The third-order valence-corrected chi connectivity index (χ3v) is 4.15. The maximum Gasteiger partial charge on any atom is 0.271 e. The lowest BCUT2D eigenvalue weighted by molar-refractivity contribution is 0.0947. The van der Waals surface area contributed by atoms with Crippen molar-refractivity contribution in [2.75, 3.05) is 6.54 Å². The van der Waals surface area contributed by atoms with Gasteiger partial charge in [0.2, 0.25) is 0 Å². The lowest BCUT2D eigenvalue weighted by Gasteiger charge is -2.13. The van der Waals surface area contributed by atoms with E-state index in [1.54, 1.807) is 12.1 Å². The second kappa shape index (κ2) is 7.73. The van der Waals surface area contributed by atoms with Crippen LogP contribution in [0.2, 0.25) is 0 Å². The molecular formula is C19H21N3O2. The maximum absolute atomic E-state index is 12.3. The molecule has 1 aliphatic carbocycles. The number of hydrogen-bond acceptors (Lipinski definition) is 3. The van der Waals surface area contributed by atoms with Crippen LogP contribution >= 0.6 is 0 Å². The van der Waals surface area contributed by atoms with E-state index in [2.05, 4.69) is 16.5 Å². The number of carbonyl (C=O) groups excluding carboxylic acids is 1. The van der Waals surface area contributed by atoms with E-state index in [9.17, 15) is 9.59 Å². The van der Waals surface area contributed by atoms with Crippen LogP contribution in [0.1, 0.15) is 42.6 Å². The minimum absolute atomic E-state index is 0.246. The molecule has 1 amide bonds. The van der Waals surface area contributed by atoms with Gasteiger partial charge in [-0.05, 0) is 50.3 Å². The fourth-order valence-electron chi connectivity index (χ4n) is 2.85. The number of rotatable bonds is 5. The van der Waals surface area contributed by atoms with Gasteiger partial charge in [-0.1, -0.05) is 29.8 Å². The zero-order valence-electron chi connectivity index (χ0n) is 13.6. The molecule has 3 rings (SSSR count). The Labute approximate surface area is 141 Å². The topological polar surface area (TPSA) is 64.0 Å². The Morgan fingerprint density at radius 3 is 2.71 bits per heavy atom. The zero-order valence-corrected chi connectivity index (χ0v) is 13.6. The first-order valence-electron chi connectivity index (χ1n) is 8.36. The van der Waals surface area contributed by atoms with Gasteiger partial charge < -0.3 is 5.32 Å². The first-order chi connectivity index (χ1) is 11.7. The fourth-order valence-corrected chi connectivity index (χ4v) is 2.85. The predicted molar refractivity (Wildman–Crippen MR) is 93.3 cm³/mol. The SMILES string of the molecule is O=C(NCCC1=CCCCC1)c1ccc(=O)n(-c2ccccc2)n1. The van der Waals surface area contributed by atoms with Crippen molar-refractivity contribution in [3.05, 3.63) is 70.2 Å². The number of para-hydroxylation sites is 1. The Bertz CT molecular complexity index is 794. The Kier molecular flexibility index (Phi) is 5.21. The lowest BCUT2D eigenvalue weighted by Crippen LogP contribution is -2.29. The molecule has 124 valence electrons. The van der Waals surface area contributed by atoms with Gasteiger partial charge in [0, 0.05) is 12.6 Å². The van der Waals surface area contributed by atoms with E-state index in [4.69, 9.17) is 0 Å². The average Bonchev–Trinajstić information content (AvgIpc) is 2.63. The molecule has 0 fully saturated rings. The lowest BCUT2D eigenvalue weighted by atomic mass is 9.97. The average molecular weight is 323 g/mol. The van der Waals surface area contributed by atoms with Crippen molar-refractivity contribution in [2.24, 2.45) is 0 Å². The largest absolute Gasteiger partial charge is 0.350 e. The summed E-state index contributed by atoms with van der Waals surface area (Å²) in [7, 11) is 0. The normalized spacial score (nSPS) is 14.1. The molecule has 1 aromatic carbocycles. The van der Waals surface area contributed by atoms with Crippen molar-refractivity contribution in [1.29, 1.82) is 0 Å². The molecule has 5 nitrogen and oxygen atoms in total. The molecular weight excluding hydrogens is 302 g/mol. The van der Waals surface area contributed by atoms with Crippen LogP contribution in [0.25, 0.3) is 5.69 Å². The third kappa shape index (κ3) is 3.98. The van der Waals surface area contributed by atoms with Crippen LogP contribution in [0.5, 0.6) is 0 Å². The number of hydrogen-bond donors (Lipinski definition) is 1. The van der Waals surface area contributed by atoms with Crippen LogP contribution in [0, 0.1) is 0 Å². The molecule has 0 saturated carbocycles. The molecule has 0 saturated heterocycles. The van der Waals surface area contributed by atoms with E-state index in [1.165, 1.54) is 35.2 Å². The van der Waals surface area contributed by atoms with Crippen molar-refractivity contribution in [3.63, 3.8) is 0 Å². The molecule has 24 heavy (non-hydrogen) atoms. The Balaban J connectivity index is 1.67. The molecule has 0 bridgehead atoms. The number of amides is 1. The molecule has 0 spiro atoms. The minimum Gasteiger partial charge on any atom is -0.350 e. The number of nitrogens with zero attached hydrogens (tertiary/aromatic N) is 2. The fraction of sp³-hybridized carbons (Fsp3) is 0.316. The van der Waals surface area contributed by atoms with E-state index < -0.39 is 0 Å². The van der Waals surface area contributed by atoms with Crippen LogP contribution < -0.4 is 10.9 Å². The molecule has 0 radical (unpaired) electrons. The van der Waals surface area contributed by atoms with Crippen LogP contribution in [-0.4, -0.2) is 22.2 Å². The monoisotopic (exact) mass is 323 g/mol. The van der Waals surface area contributed by atoms with E-state index in [1.807, 2.05) is 18.2 Å². The minimum atomic E-state index is -0.259. The summed E-state index contributed by atoms with van der Waals surface area (Å²) in [4.78, 5) is 24.2. The van der Waals surface area contributed by atoms with Crippen molar-refractivity contribution in [2.45, 2.75) is 32.1 Å². The van der Waals surface area contributed by atoms with E-state index in [0.717, 1.165) is 19.3 Å². The van der Waals surface area contributed by atoms with Gasteiger partial charge >= 0.3 is 0 Å². The van der Waals surface area contributed by atoms with Crippen LogP contribution in [-0.2, 0) is 0 Å². The zero-order chi connectivity index (χ0) is 16.8. The number of allylic oxidation sites excluding steroid dienone is 1. The molecule has 1 N–H and O–H groups in total. The number of nitrogens with one attached hydrogen (secondary N) is 1. The van der Waals surface area contributed by atoms with Crippen molar-refractivity contribution < 1.29 is 4.79 Å². The van der Waals surface area contributed by atoms with E-state index >= 15 is 0 Å². The summed E-state index contributed by atoms with van der Waals surface area (Å²) in [6.07, 6.45) is 7.94. The third-order valence-electron chi connectivity index (χ3n) is 4.15. The van der Waals surface area contributed by atoms with E-state index in [0.29, 0.717) is 12.2 Å². The Morgan fingerprint density at radius 2 is 1.96 bits per heavy atom. The van der Waals surface area contributed by atoms with Gasteiger partial charge in [0.1, 0.15) is 5.69 Å². The summed E-state index contributed by atoms with van der Waals surface area (Å²) in [5.74, 6) is -0.254. The molecule has 0 aliphatic heterocycles. The highest BCUT2D eigenvalue weighted by atomic mass is 16.2. The number of benzene rings is 1. The summed E-state index contributed by atoms with van der Waals surface area (Å²) in [5.41, 5.74) is 2.05. The number of carbonyl (C=O) groups is 1. The van der Waals surface area contributed by atoms with Crippen molar-refractivity contribution in [3.8, 4) is 5.69 Å². The van der Waals surface area contributed by atoms with Crippen LogP contribution in [0.3, 0.4) is 0 Å². The van der Waals surface area contributed by atoms with Gasteiger partial charge in [0.25, 0.3) is 11.5 Å². The van der Waals surface area contributed by atoms with Crippen molar-refractivity contribution in [1.82, 2.24) is 15.1 Å². The number of aromatic nitrogens is 2. The highest BCUT2D eigenvalue weighted by Gasteiger charge is 2.11. The first kappa shape index (κ1) is 16.2. The quantitative estimate of drug-likeness (QED) is 0.861. The second-order valence-corrected chi connectivity index (χ2v) is 5.92. The second-order valence-electron chi connectivity index (χ2n) is 5.92. The van der Waals surface area contributed by atoms with Gasteiger partial charge in [-0.3, -0.25) is 9.59 Å². The van der Waals surface area contributed by atoms with Gasteiger partial charge in [-0.15, -0.1) is 0 Å². The maximum atomic E-state index is 12.3. The highest BCUT2D eigenvalue weighted by Crippen LogP contribution is 2.19. The van der Waals surface area contributed by atoms with Gasteiger partial charge in [-0.2, -0.15) is 9.78 Å². The van der Waals surface area contributed by atoms with Gasteiger partial charge in [-0.25, -0.2) is 0 Å². The van der Waals surface area contributed by atoms with Crippen LogP contribution in [0.4, 0.5) is 0 Å². The Hall–Kier alpha value is -2.69. The molecule has 0 unspecified atom stereocenters. The summed E-state index contributed by atoms with van der Waals surface area (Å²) < 4.78 is 1.25. The molecule has 5 heteroatoms. The standard InChI is InChI=1S/C19H21N3O2/c23-18-12-11-17(21-22(18)16-9-5-2-6-10-16)19(24)20-14-13-15-7-3-1-4-8-15/h2,5-7,9-12H,1,3-4,8,13-14H2,(H,20,24). The molecule has 2 aromatic rings. The molecule has 1 aromatic heterocycles. The molecule has 0 atom stereocenters. The predicted octanol–water partition coefficient (Wildman–Crippen LogP) is 2.85. The first-order valence-corrected chi connectivity index (χ1v) is 8.36. The van der Waals surface area contributed by atoms with Crippen molar-refractivity contribution >= 4 is 5.91 Å². The van der Waals surface area contributed by atoms with E-state index in [-0.39, 0.29) is 17.2 Å². The summed E-state index contributed by atoms with van der Waals surface area (Å²) in [5, 5.41) is 7.07. The summed E-state index contributed by atoms with van der Waals surface area (Å²) in [6, 6.07) is 11.9. The molecule has 1 heterocycles. The van der Waals surface area contributed by atoms with Crippen LogP contribution in [0.15, 0.2) is 58.9 Å². The Morgan fingerprint density at radius 1 is 1.12 bits per heavy atom.